The Morgan fingerprint density at radius 3 is 2.33 bits per heavy atom. The number of rotatable bonds is 1. The molecular weight excluding hydrogens is 169 g/mol. The van der Waals surface area contributed by atoms with Crippen LogP contribution >= 0.6 is 0 Å². The summed E-state index contributed by atoms with van der Waals surface area (Å²) >= 11 is 0. The molecule has 0 bridgehead atoms. The number of alkyl halides is 1. The fourth-order valence-corrected chi connectivity index (χ4v) is 1.23. The summed E-state index contributed by atoms with van der Waals surface area (Å²) in [7, 11) is 0. The molecule has 1 saturated heterocycles. The van der Waals surface area contributed by atoms with Gasteiger partial charge in [0.05, 0.1) is 6.54 Å². The molecule has 2 atom stereocenters. The van der Waals surface area contributed by atoms with Crippen LogP contribution in [0, 0.1) is 0 Å². The zero-order valence-corrected chi connectivity index (χ0v) is 6.11. The van der Waals surface area contributed by atoms with Gasteiger partial charge in [0.2, 0.25) is 0 Å². The lowest BCUT2D eigenvalue weighted by Gasteiger charge is -2.16. The molecule has 0 aromatic heterocycles. The number of carbonyl (C=O) groups is 2. The number of hydrogen-bond donors (Lipinski definition) is 2. The molecule has 1 rings (SSSR count). The monoisotopic (exact) mass is 177 g/mol. The van der Waals surface area contributed by atoms with Crippen LogP contribution in [0.3, 0.4) is 0 Å². The minimum absolute atomic E-state index is 0.248. The lowest BCUT2D eigenvalue weighted by Crippen LogP contribution is -2.39. The number of halogens is 1. The van der Waals surface area contributed by atoms with Gasteiger partial charge in [-0.3, -0.25) is 4.90 Å². The lowest BCUT2D eigenvalue weighted by molar-refractivity contribution is -0.141. The number of nitrogens with zero attached hydrogens (tertiary/aromatic N) is 1. The van der Waals surface area contributed by atoms with Crippen LogP contribution in [-0.2, 0) is 4.79 Å². The predicted molar refractivity (Wildman–Crippen MR) is 35.7 cm³/mol. The molecule has 5 nitrogen and oxygen atoms in total. The van der Waals surface area contributed by atoms with Gasteiger partial charge >= 0.3 is 12.1 Å². The molecule has 0 aliphatic carbocycles. The predicted octanol–water partition coefficient (Wildman–Crippen LogP) is 0.161. The van der Waals surface area contributed by atoms with Crippen molar-refractivity contribution in [3.63, 3.8) is 0 Å². The van der Waals surface area contributed by atoms with Crippen molar-refractivity contribution < 1.29 is 24.2 Å². The second-order valence-corrected chi connectivity index (χ2v) is 2.62. The topological polar surface area (TPSA) is 77.8 Å². The van der Waals surface area contributed by atoms with E-state index in [2.05, 4.69) is 0 Å². The molecule has 2 N–H and O–H groups in total. The maximum Gasteiger partial charge on any atom is 0.408 e. The Bertz CT molecular complexity index is 198. The summed E-state index contributed by atoms with van der Waals surface area (Å²) in [4.78, 5) is 21.4. The second-order valence-electron chi connectivity index (χ2n) is 2.62. The van der Waals surface area contributed by atoms with Crippen molar-refractivity contribution in [2.45, 2.75) is 18.6 Å². The summed E-state index contributed by atoms with van der Waals surface area (Å²) in [6.45, 7) is -0.341. The van der Waals surface area contributed by atoms with Crippen molar-refractivity contribution in [3.05, 3.63) is 0 Å². The van der Waals surface area contributed by atoms with Gasteiger partial charge in [-0.25, -0.2) is 14.0 Å². The van der Waals surface area contributed by atoms with Gasteiger partial charge in [0.25, 0.3) is 0 Å². The fraction of sp³-hybridized carbons (Fsp3) is 0.667. The summed E-state index contributed by atoms with van der Waals surface area (Å²) < 4.78 is 12.6. The Hall–Kier alpha value is -1.33. The molecule has 6 heteroatoms. The smallest absolute Gasteiger partial charge is 0.408 e. The Balaban J connectivity index is 2.72. The zero-order chi connectivity index (χ0) is 9.30. The largest absolute Gasteiger partial charge is 0.480 e. The van der Waals surface area contributed by atoms with Crippen molar-refractivity contribution >= 4 is 12.1 Å². The van der Waals surface area contributed by atoms with Crippen LogP contribution in [0.2, 0.25) is 0 Å². The summed E-state index contributed by atoms with van der Waals surface area (Å²) in [6, 6.07) is -1.22. The summed E-state index contributed by atoms with van der Waals surface area (Å²) in [5, 5.41) is 16.9. The maximum absolute atomic E-state index is 12.6. The van der Waals surface area contributed by atoms with Gasteiger partial charge < -0.3 is 10.2 Å². The van der Waals surface area contributed by atoms with Gasteiger partial charge in [0, 0.05) is 6.42 Å². The third-order valence-corrected chi connectivity index (χ3v) is 1.78. The minimum atomic E-state index is -1.39. The van der Waals surface area contributed by atoms with Gasteiger partial charge in [-0.1, -0.05) is 0 Å². The summed E-state index contributed by atoms with van der Waals surface area (Å²) in [5.74, 6) is -1.29. The number of amides is 1. The van der Waals surface area contributed by atoms with Crippen LogP contribution in [0.1, 0.15) is 6.42 Å². The van der Waals surface area contributed by atoms with Gasteiger partial charge in [0.15, 0.2) is 0 Å². The molecule has 12 heavy (non-hydrogen) atoms. The Kier molecular flexibility index (Phi) is 2.16. The number of aliphatic carboxylic acids is 1. The van der Waals surface area contributed by atoms with Gasteiger partial charge in [-0.05, 0) is 0 Å². The highest BCUT2D eigenvalue weighted by Crippen LogP contribution is 2.20. The molecule has 0 aromatic carbocycles. The normalized spacial score (nSPS) is 28.9. The van der Waals surface area contributed by atoms with Gasteiger partial charge in [-0.15, -0.1) is 0 Å². The number of hydrogen-bond acceptors (Lipinski definition) is 2. The molecule has 68 valence electrons. The molecule has 1 amide bonds. The first-order chi connectivity index (χ1) is 5.52. The van der Waals surface area contributed by atoms with E-state index in [9.17, 15) is 14.0 Å². The van der Waals surface area contributed by atoms with Crippen molar-refractivity contribution in [1.82, 2.24) is 4.90 Å². The van der Waals surface area contributed by atoms with Gasteiger partial charge in [-0.2, -0.15) is 0 Å². The molecule has 0 aromatic rings. The molecule has 0 radical (unpaired) electrons. The van der Waals surface area contributed by atoms with Crippen molar-refractivity contribution in [3.8, 4) is 0 Å². The Morgan fingerprint density at radius 2 is 2.00 bits per heavy atom. The third kappa shape index (κ3) is 1.46. The molecule has 0 spiro atoms. The average Bonchev–Trinajstić information content (AvgIpc) is 2.31. The Labute approximate surface area is 67.4 Å². The number of likely N-dealkylation sites (tertiary alicyclic amines) is 1. The van der Waals surface area contributed by atoms with E-state index < -0.39 is 24.3 Å². The highest BCUT2D eigenvalue weighted by Gasteiger charge is 2.39. The molecule has 1 aliphatic heterocycles. The number of carboxylic acids is 1. The molecular formula is C6H8FNO4. The maximum atomic E-state index is 12.6. The van der Waals surface area contributed by atoms with E-state index in [1.54, 1.807) is 0 Å². The van der Waals surface area contributed by atoms with Crippen LogP contribution < -0.4 is 0 Å². The average molecular weight is 177 g/mol. The highest BCUT2D eigenvalue weighted by molar-refractivity contribution is 5.80. The van der Waals surface area contributed by atoms with Crippen molar-refractivity contribution in [2.24, 2.45) is 0 Å². The van der Waals surface area contributed by atoms with E-state index in [4.69, 9.17) is 10.2 Å². The first kappa shape index (κ1) is 8.76. The van der Waals surface area contributed by atoms with Crippen LogP contribution in [-0.4, -0.2) is 45.9 Å². The van der Waals surface area contributed by atoms with E-state index in [0.29, 0.717) is 4.90 Å². The highest BCUT2D eigenvalue weighted by atomic mass is 19.1. The SMILES string of the molecule is O=C(O)[C@@H]1C[C@H](F)CN1C(=O)O. The lowest BCUT2D eigenvalue weighted by atomic mass is 10.2. The zero-order valence-electron chi connectivity index (χ0n) is 6.11. The Morgan fingerprint density at radius 1 is 1.42 bits per heavy atom. The third-order valence-electron chi connectivity index (χ3n) is 1.78. The van der Waals surface area contributed by atoms with Crippen molar-refractivity contribution in [2.75, 3.05) is 6.54 Å². The summed E-state index contributed by atoms with van der Waals surface area (Å²) in [6.07, 6.45) is -2.99. The fourth-order valence-electron chi connectivity index (χ4n) is 1.23. The van der Waals surface area contributed by atoms with E-state index in [-0.39, 0.29) is 13.0 Å². The van der Waals surface area contributed by atoms with E-state index >= 15 is 0 Å². The first-order valence-electron chi connectivity index (χ1n) is 3.39. The minimum Gasteiger partial charge on any atom is -0.480 e. The van der Waals surface area contributed by atoms with E-state index in [0.717, 1.165) is 0 Å². The van der Waals surface area contributed by atoms with E-state index in [1.807, 2.05) is 0 Å². The van der Waals surface area contributed by atoms with Crippen LogP contribution in [0.15, 0.2) is 0 Å². The van der Waals surface area contributed by atoms with Crippen LogP contribution in [0.5, 0.6) is 0 Å². The standard InChI is InChI=1S/C6H8FNO4/c7-3-1-4(5(9)10)8(2-3)6(11)12/h3-4H,1-2H2,(H,9,10)(H,11,12)/t3-,4-/m0/s1. The molecule has 0 unspecified atom stereocenters. The molecule has 1 heterocycles. The first-order valence-corrected chi connectivity index (χ1v) is 3.39. The molecule has 1 fully saturated rings. The van der Waals surface area contributed by atoms with E-state index in [1.165, 1.54) is 0 Å². The van der Waals surface area contributed by atoms with Crippen LogP contribution in [0.4, 0.5) is 9.18 Å². The van der Waals surface area contributed by atoms with Crippen LogP contribution in [0.25, 0.3) is 0 Å². The molecule has 1 aliphatic rings. The van der Waals surface area contributed by atoms with Crippen molar-refractivity contribution in [1.29, 1.82) is 0 Å². The second kappa shape index (κ2) is 2.96. The number of carboxylic acid groups (broad SMARTS) is 2. The molecule has 0 saturated carbocycles. The summed E-state index contributed by atoms with van der Waals surface area (Å²) in [5.41, 5.74) is 0. The quantitative estimate of drug-likeness (QED) is 0.598. The van der Waals surface area contributed by atoms with Gasteiger partial charge in [0.1, 0.15) is 12.2 Å².